The van der Waals surface area contributed by atoms with Gasteiger partial charge in [-0.15, -0.1) is 0 Å². The van der Waals surface area contributed by atoms with Gasteiger partial charge in [-0.25, -0.2) is 17.1 Å². The van der Waals surface area contributed by atoms with Crippen molar-refractivity contribution in [3.63, 3.8) is 0 Å². The number of rotatable bonds is 9. The average Bonchev–Trinajstić information content (AvgIpc) is 3.30. The Morgan fingerprint density at radius 2 is 1.82 bits per heavy atom. The predicted molar refractivity (Wildman–Crippen MR) is 122 cm³/mol. The minimum absolute atomic E-state index is 0.00691. The molecule has 8 nitrogen and oxygen atoms in total. The van der Waals surface area contributed by atoms with Crippen molar-refractivity contribution in [2.24, 2.45) is 0 Å². The van der Waals surface area contributed by atoms with E-state index in [0.717, 1.165) is 22.9 Å². The van der Waals surface area contributed by atoms with Crippen LogP contribution in [0.2, 0.25) is 0 Å². The Hall–Kier alpha value is -2.98. The highest BCUT2D eigenvalue weighted by Crippen LogP contribution is 2.22. The molecule has 2 amide bonds. The topological polar surface area (TPSA) is 96.0 Å². The molecule has 1 saturated heterocycles. The van der Waals surface area contributed by atoms with Crippen molar-refractivity contribution in [2.75, 3.05) is 32.6 Å². The smallest absolute Gasteiger partial charge is 0.247 e. The standard InChI is InChI=1S/C23H28FN3O5S/c1-26(33(30,31)20-13-7-17(24)8-14-20)15-4-6-22(28)27-16-3-5-21(27)23(29)25-18-9-11-19(32-2)12-10-18/h7-14,21H,3-6,15-16H2,1-2H3,(H,25,29). The Labute approximate surface area is 193 Å². The van der Waals surface area contributed by atoms with Gasteiger partial charge in [0.15, 0.2) is 0 Å². The lowest BCUT2D eigenvalue weighted by Crippen LogP contribution is -2.43. The summed E-state index contributed by atoms with van der Waals surface area (Å²) in [6, 6.07) is 11.0. The third kappa shape index (κ3) is 6.08. The van der Waals surface area contributed by atoms with E-state index in [4.69, 9.17) is 4.74 Å². The molecule has 0 aliphatic carbocycles. The molecule has 0 aromatic heterocycles. The Morgan fingerprint density at radius 3 is 2.45 bits per heavy atom. The van der Waals surface area contributed by atoms with Crippen LogP contribution in [0.5, 0.6) is 5.75 Å². The molecule has 1 atom stereocenters. The van der Waals surface area contributed by atoms with E-state index in [1.165, 1.54) is 19.2 Å². The highest BCUT2D eigenvalue weighted by atomic mass is 32.2. The summed E-state index contributed by atoms with van der Waals surface area (Å²) in [7, 11) is -0.786. The largest absolute Gasteiger partial charge is 0.497 e. The zero-order valence-electron chi connectivity index (χ0n) is 18.7. The Kier molecular flexibility index (Phi) is 8.04. The van der Waals surface area contributed by atoms with Crippen LogP contribution in [0.1, 0.15) is 25.7 Å². The van der Waals surface area contributed by atoms with Gasteiger partial charge >= 0.3 is 0 Å². The summed E-state index contributed by atoms with van der Waals surface area (Å²) >= 11 is 0. The molecule has 0 bridgehead atoms. The van der Waals surface area contributed by atoms with Gasteiger partial charge in [0, 0.05) is 32.2 Å². The molecule has 1 N–H and O–H groups in total. The van der Waals surface area contributed by atoms with Gasteiger partial charge in [0.05, 0.1) is 12.0 Å². The van der Waals surface area contributed by atoms with Crippen LogP contribution < -0.4 is 10.1 Å². The number of hydrogen-bond acceptors (Lipinski definition) is 5. The fraction of sp³-hybridized carbons (Fsp3) is 0.391. The fourth-order valence-electron chi connectivity index (χ4n) is 3.74. The first-order valence-corrected chi connectivity index (χ1v) is 12.1. The third-order valence-corrected chi connectivity index (χ3v) is 7.49. The summed E-state index contributed by atoms with van der Waals surface area (Å²) in [4.78, 5) is 27.0. The van der Waals surface area contributed by atoms with Crippen molar-refractivity contribution in [2.45, 2.75) is 36.6 Å². The molecular formula is C23H28FN3O5S. The van der Waals surface area contributed by atoms with Crippen molar-refractivity contribution in [1.82, 2.24) is 9.21 Å². The van der Waals surface area contributed by atoms with Crippen LogP contribution in [-0.4, -0.2) is 62.7 Å². The maximum absolute atomic E-state index is 13.1. The van der Waals surface area contributed by atoms with E-state index in [1.807, 2.05) is 0 Å². The SMILES string of the molecule is COc1ccc(NC(=O)C2CCCN2C(=O)CCCN(C)S(=O)(=O)c2ccc(F)cc2)cc1. The zero-order valence-corrected chi connectivity index (χ0v) is 19.5. The lowest BCUT2D eigenvalue weighted by molar-refractivity contribution is -0.136. The number of carbonyl (C=O) groups is 2. The number of nitrogens with one attached hydrogen (secondary N) is 1. The van der Waals surface area contributed by atoms with Gasteiger partial charge in [-0.1, -0.05) is 0 Å². The first kappa shape index (κ1) is 24.7. The van der Waals surface area contributed by atoms with E-state index in [9.17, 15) is 22.4 Å². The van der Waals surface area contributed by atoms with Gasteiger partial charge in [0.2, 0.25) is 21.8 Å². The molecule has 2 aromatic rings. The molecule has 178 valence electrons. The molecule has 0 radical (unpaired) electrons. The molecule has 33 heavy (non-hydrogen) atoms. The monoisotopic (exact) mass is 477 g/mol. The maximum Gasteiger partial charge on any atom is 0.247 e. The van der Waals surface area contributed by atoms with Crippen LogP contribution in [0.3, 0.4) is 0 Å². The molecule has 0 saturated carbocycles. The van der Waals surface area contributed by atoms with Crippen molar-refractivity contribution in [3.05, 3.63) is 54.3 Å². The van der Waals surface area contributed by atoms with Crippen molar-refractivity contribution in [3.8, 4) is 5.75 Å². The van der Waals surface area contributed by atoms with E-state index in [2.05, 4.69) is 5.32 Å². The summed E-state index contributed by atoms with van der Waals surface area (Å²) < 4.78 is 44.5. The molecule has 3 rings (SSSR count). The number of methoxy groups -OCH3 is 1. The molecule has 1 aliphatic rings. The number of ether oxygens (including phenoxy) is 1. The molecule has 0 spiro atoms. The molecular weight excluding hydrogens is 449 g/mol. The number of carbonyl (C=O) groups excluding carboxylic acids is 2. The second-order valence-corrected chi connectivity index (χ2v) is 9.89. The van der Waals surface area contributed by atoms with Crippen molar-refractivity contribution >= 4 is 27.5 Å². The average molecular weight is 478 g/mol. The highest BCUT2D eigenvalue weighted by Gasteiger charge is 2.34. The summed E-state index contributed by atoms with van der Waals surface area (Å²) in [5.74, 6) is -0.271. The number of halogens is 1. The molecule has 1 unspecified atom stereocenters. The minimum Gasteiger partial charge on any atom is -0.497 e. The Morgan fingerprint density at radius 1 is 1.15 bits per heavy atom. The molecule has 2 aromatic carbocycles. The first-order valence-electron chi connectivity index (χ1n) is 10.7. The molecule has 1 aliphatic heterocycles. The summed E-state index contributed by atoms with van der Waals surface area (Å²) in [6.45, 7) is 0.616. The lowest BCUT2D eigenvalue weighted by Gasteiger charge is -2.24. The van der Waals surface area contributed by atoms with Crippen LogP contribution in [0.15, 0.2) is 53.4 Å². The van der Waals surface area contributed by atoms with E-state index < -0.39 is 21.9 Å². The van der Waals surface area contributed by atoms with E-state index in [1.54, 1.807) is 36.3 Å². The quantitative estimate of drug-likeness (QED) is 0.599. The predicted octanol–water partition coefficient (Wildman–Crippen LogP) is 2.86. The van der Waals surface area contributed by atoms with Gasteiger partial charge in [-0.05, 0) is 67.8 Å². The molecule has 1 heterocycles. The van der Waals surface area contributed by atoms with Gasteiger partial charge in [-0.2, -0.15) is 0 Å². The maximum atomic E-state index is 13.1. The van der Waals surface area contributed by atoms with E-state index in [-0.39, 0.29) is 29.7 Å². The summed E-state index contributed by atoms with van der Waals surface area (Å²) in [6.07, 6.45) is 1.73. The van der Waals surface area contributed by atoms with Crippen LogP contribution in [-0.2, 0) is 19.6 Å². The number of benzene rings is 2. The van der Waals surface area contributed by atoms with E-state index in [0.29, 0.717) is 30.8 Å². The number of nitrogens with zero attached hydrogens (tertiary/aromatic N) is 2. The fourth-order valence-corrected chi connectivity index (χ4v) is 4.95. The summed E-state index contributed by atoms with van der Waals surface area (Å²) in [5, 5.41) is 2.83. The second-order valence-electron chi connectivity index (χ2n) is 7.85. The number of anilines is 1. The number of hydrogen-bond donors (Lipinski definition) is 1. The molecule has 10 heteroatoms. The number of amides is 2. The minimum atomic E-state index is -3.77. The van der Waals surface area contributed by atoms with Gasteiger partial charge < -0.3 is 15.0 Å². The van der Waals surface area contributed by atoms with Gasteiger partial charge in [-0.3, -0.25) is 9.59 Å². The third-order valence-electron chi connectivity index (χ3n) is 5.62. The van der Waals surface area contributed by atoms with Crippen LogP contribution in [0.4, 0.5) is 10.1 Å². The normalized spacial score (nSPS) is 16.1. The zero-order chi connectivity index (χ0) is 24.0. The second kappa shape index (κ2) is 10.8. The summed E-state index contributed by atoms with van der Waals surface area (Å²) in [5.41, 5.74) is 0.618. The van der Waals surface area contributed by atoms with Crippen LogP contribution in [0.25, 0.3) is 0 Å². The number of sulfonamides is 1. The van der Waals surface area contributed by atoms with Crippen LogP contribution >= 0.6 is 0 Å². The van der Waals surface area contributed by atoms with Crippen molar-refractivity contribution < 1.29 is 27.1 Å². The lowest BCUT2D eigenvalue weighted by atomic mass is 10.2. The van der Waals surface area contributed by atoms with Gasteiger partial charge in [0.25, 0.3) is 0 Å². The van der Waals surface area contributed by atoms with E-state index >= 15 is 0 Å². The molecule has 1 fully saturated rings. The highest BCUT2D eigenvalue weighted by molar-refractivity contribution is 7.89. The first-order chi connectivity index (χ1) is 15.7. The number of likely N-dealkylation sites (tertiary alicyclic amines) is 1. The van der Waals surface area contributed by atoms with Crippen molar-refractivity contribution in [1.29, 1.82) is 0 Å². The van der Waals surface area contributed by atoms with Crippen LogP contribution in [0, 0.1) is 5.82 Å². The Bertz CT molecular complexity index is 1070. The van der Waals surface area contributed by atoms with Gasteiger partial charge in [0.1, 0.15) is 17.6 Å². The Balaban J connectivity index is 1.52.